The minimum Gasteiger partial charge on any atom is -0.357 e. The van der Waals surface area contributed by atoms with Crippen LogP contribution in [-0.4, -0.2) is 51.0 Å². The van der Waals surface area contributed by atoms with E-state index in [9.17, 15) is 31.2 Å². The van der Waals surface area contributed by atoms with Crippen molar-refractivity contribution in [2.45, 2.75) is 25.7 Å². The molecule has 0 bridgehead atoms. The van der Waals surface area contributed by atoms with Gasteiger partial charge in [0.2, 0.25) is 21.8 Å². The van der Waals surface area contributed by atoms with Gasteiger partial charge in [0, 0.05) is 18.1 Å². The van der Waals surface area contributed by atoms with E-state index in [1.54, 1.807) is 24.3 Å². The monoisotopic (exact) mass is 583 g/mol. The number of hydrogen-bond donors (Lipinski definition) is 1. The molecule has 2 aromatic carbocycles. The minimum absolute atomic E-state index is 0.0548. The smallest absolute Gasteiger partial charge is 0.357 e. The SMILES string of the molecule is CNC(=O)[C@@H](C)N(Cc1cccc(Br)c1)C(=O)CN(c1cc(C(F)(F)F)ccc1Cl)S(C)(=O)=O. The molecular formula is C21H22BrClF3N3O4S. The Morgan fingerprint density at radius 3 is 2.35 bits per heavy atom. The fraction of sp³-hybridized carbons (Fsp3) is 0.333. The van der Waals surface area contributed by atoms with Crippen LogP contribution < -0.4 is 9.62 Å². The topological polar surface area (TPSA) is 86.8 Å². The molecule has 0 saturated heterocycles. The Bertz CT molecular complexity index is 1180. The molecule has 186 valence electrons. The van der Waals surface area contributed by atoms with Gasteiger partial charge in [-0.3, -0.25) is 13.9 Å². The Morgan fingerprint density at radius 1 is 1.18 bits per heavy atom. The third-order valence-corrected chi connectivity index (χ3v) is 6.82. The third-order valence-electron chi connectivity index (χ3n) is 4.88. The van der Waals surface area contributed by atoms with E-state index in [0.717, 1.165) is 21.7 Å². The fourth-order valence-electron chi connectivity index (χ4n) is 3.10. The summed E-state index contributed by atoms with van der Waals surface area (Å²) >= 11 is 9.34. The lowest BCUT2D eigenvalue weighted by Crippen LogP contribution is -2.50. The van der Waals surface area contributed by atoms with Gasteiger partial charge in [0.25, 0.3) is 0 Å². The van der Waals surface area contributed by atoms with Crippen molar-refractivity contribution in [3.63, 3.8) is 0 Å². The van der Waals surface area contributed by atoms with E-state index in [1.807, 2.05) is 0 Å². The first-order valence-electron chi connectivity index (χ1n) is 9.75. The number of alkyl halides is 3. The molecule has 0 aromatic heterocycles. The highest BCUT2D eigenvalue weighted by atomic mass is 79.9. The van der Waals surface area contributed by atoms with E-state index in [4.69, 9.17) is 11.6 Å². The molecule has 0 fully saturated rings. The third kappa shape index (κ3) is 7.09. The molecule has 2 amide bonds. The highest BCUT2D eigenvalue weighted by molar-refractivity contribution is 9.10. The van der Waals surface area contributed by atoms with E-state index in [2.05, 4.69) is 21.2 Å². The fourth-order valence-corrected chi connectivity index (χ4v) is 4.67. The van der Waals surface area contributed by atoms with Crippen LogP contribution in [0.1, 0.15) is 18.1 Å². The first kappa shape index (κ1) is 27.9. The summed E-state index contributed by atoms with van der Waals surface area (Å²) in [7, 11) is -2.86. The summed E-state index contributed by atoms with van der Waals surface area (Å²) in [5.74, 6) is -1.32. The molecule has 0 aliphatic heterocycles. The van der Waals surface area contributed by atoms with Gasteiger partial charge < -0.3 is 10.2 Å². The highest BCUT2D eigenvalue weighted by Crippen LogP contribution is 2.36. The molecular weight excluding hydrogens is 563 g/mol. The number of benzene rings is 2. The minimum atomic E-state index is -4.76. The average Bonchev–Trinajstić information content (AvgIpc) is 2.73. The van der Waals surface area contributed by atoms with Crippen LogP contribution >= 0.6 is 27.5 Å². The van der Waals surface area contributed by atoms with E-state index in [0.29, 0.717) is 22.0 Å². The Kier molecular flexibility index (Phi) is 9.00. The quantitative estimate of drug-likeness (QED) is 0.507. The first-order chi connectivity index (χ1) is 15.6. The lowest BCUT2D eigenvalue weighted by atomic mass is 10.1. The number of amides is 2. The molecule has 1 N–H and O–H groups in total. The standard InChI is InChI=1S/C21H22BrClF3N3O4S/c1-13(20(31)27-2)28(11-14-5-4-6-16(22)9-14)19(30)12-29(34(3,32)33)18-10-15(21(24,25)26)7-8-17(18)23/h4-10,13H,11-12H2,1-3H3,(H,27,31)/t13-/m1/s1. The van der Waals surface area contributed by atoms with Crippen molar-refractivity contribution in [3.05, 3.63) is 63.1 Å². The Hall–Kier alpha value is -2.31. The molecule has 0 unspecified atom stereocenters. The van der Waals surface area contributed by atoms with Gasteiger partial charge in [-0.25, -0.2) is 8.42 Å². The number of nitrogens with one attached hydrogen (secondary N) is 1. The Morgan fingerprint density at radius 2 is 1.82 bits per heavy atom. The summed E-state index contributed by atoms with van der Waals surface area (Å²) in [5.41, 5.74) is -0.985. The molecule has 0 radical (unpaired) electrons. The van der Waals surface area contributed by atoms with Gasteiger partial charge in [-0.15, -0.1) is 0 Å². The van der Waals surface area contributed by atoms with Crippen LogP contribution in [0.5, 0.6) is 0 Å². The summed E-state index contributed by atoms with van der Waals surface area (Å²) in [6, 6.07) is 8.09. The van der Waals surface area contributed by atoms with E-state index in [-0.39, 0.29) is 11.6 Å². The lowest BCUT2D eigenvalue weighted by molar-refractivity contribution is -0.139. The van der Waals surface area contributed by atoms with Crippen LogP contribution in [0.2, 0.25) is 5.02 Å². The molecule has 34 heavy (non-hydrogen) atoms. The molecule has 0 spiro atoms. The highest BCUT2D eigenvalue weighted by Gasteiger charge is 2.34. The number of rotatable bonds is 8. The maximum Gasteiger partial charge on any atom is 0.416 e. The summed E-state index contributed by atoms with van der Waals surface area (Å²) in [4.78, 5) is 26.7. The Balaban J connectivity index is 2.50. The summed E-state index contributed by atoms with van der Waals surface area (Å²) in [6.45, 7) is 0.534. The molecule has 2 aromatic rings. The summed E-state index contributed by atoms with van der Waals surface area (Å²) < 4.78 is 65.9. The number of sulfonamides is 1. The van der Waals surface area contributed by atoms with E-state index in [1.165, 1.54) is 14.0 Å². The van der Waals surface area contributed by atoms with Crippen LogP contribution in [0, 0.1) is 0 Å². The Labute approximate surface area is 209 Å². The zero-order valence-corrected chi connectivity index (χ0v) is 21.5. The van der Waals surface area contributed by atoms with Gasteiger partial charge in [0.15, 0.2) is 0 Å². The molecule has 13 heteroatoms. The van der Waals surface area contributed by atoms with Crippen molar-refractivity contribution in [2.75, 3.05) is 24.2 Å². The second kappa shape index (κ2) is 11.0. The van der Waals surface area contributed by atoms with Crippen LogP contribution in [0.3, 0.4) is 0 Å². The number of anilines is 1. The van der Waals surface area contributed by atoms with Crippen molar-refractivity contribution in [2.24, 2.45) is 0 Å². The van der Waals surface area contributed by atoms with Crippen molar-refractivity contribution >= 4 is 55.1 Å². The van der Waals surface area contributed by atoms with Crippen LogP contribution in [-0.2, 0) is 32.3 Å². The maximum atomic E-state index is 13.3. The number of halogens is 5. The van der Waals surface area contributed by atoms with Crippen molar-refractivity contribution in [1.29, 1.82) is 0 Å². The first-order valence-corrected chi connectivity index (χ1v) is 12.8. The van der Waals surface area contributed by atoms with Crippen molar-refractivity contribution in [1.82, 2.24) is 10.2 Å². The van der Waals surface area contributed by atoms with Gasteiger partial charge in [-0.1, -0.05) is 39.7 Å². The van der Waals surface area contributed by atoms with Crippen LogP contribution in [0.4, 0.5) is 18.9 Å². The molecule has 0 saturated carbocycles. The summed E-state index contributed by atoms with van der Waals surface area (Å²) in [5, 5.41) is 2.14. The molecule has 2 rings (SSSR count). The predicted molar refractivity (Wildman–Crippen MR) is 127 cm³/mol. The van der Waals surface area contributed by atoms with Gasteiger partial charge in [0.05, 0.1) is 22.5 Å². The van der Waals surface area contributed by atoms with Gasteiger partial charge >= 0.3 is 6.18 Å². The van der Waals surface area contributed by atoms with Gasteiger partial charge in [-0.2, -0.15) is 13.2 Å². The van der Waals surface area contributed by atoms with Crippen LogP contribution in [0.15, 0.2) is 46.9 Å². The number of carbonyl (C=O) groups is 2. The normalized spacial score (nSPS) is 12.7. The number of hydrogen-bond acceptors (Lipinski definition) is 4. The zero-order chi connectivity index (χ0) is 25.8. The van der Waals surface area contributed by atoms with Gasteiger partial charge in [-0.05, 0) is 42.8 Å². The molecule has 0 heterocycles. The lowest BCUT2D eigenvalue weighted by Gasteiger charge is -2.31. The molecule has 7 nitrogen and oxygen atoms in total. The van der Waals surface area contributed by atoms with Crippen molar-refractivity contribution in [3.8, 4) is 0 Å². The van der Waals surface area contributed by atoms with E-state index < -0.39 is 51.9 Å². The average molecular weight is 585 g/mol. The number of nitrogens with zero attached hydrogens (tertiary/aromatic N) is 2. The maximum absolute atomic E-state index is 13.3. The van der Waals surface area contributed by atoms with Crippen molar-refractivity contribution < 1.29 is 31.2 Å². The van der Waals surface area contributed by atoms with Gasteiger partial charge in [0.1, 0.15) is 12.6 Å². The second-order valence-electron chi connectivity index (χ2n) is 7.38. The summed E-state index contributed by atoms with van der Waals surface area (Å²) in [6.07, 6.45) is -4.01. The largest absolute Gasteiger partial charge is 0.416 e. The predicted octanol–water partition coefficient (Wildman–Crippen LogP) is 4.05. The number of carbonyl (C=O) groups excluding carboxylic acids is 2. The van der Waals surface area contributed by atoms with E-state index >= 15 is 0 Å². The second-order valence-corrected chi connectivity index (χ2v) is 10.6. The molecule has 0 aliphatic carbocycles. The molecule has 1 atom stereocenters. The number of likely N-dealkylation sites (N-methyl/N-ethyl adjacent to an activating group) is 1. The zero-order valence-electron chi connectivity index (χ0n) is 18.4. The van der Waals surface area contributed by atoms with Crippen LogP contribution in [0.25, 0.3) is 0 Å². The molecule has 0 aliphatic rings.